The topological polar surface area (TPSA) is 66.4 Å². The molecule has 0 saturated heterocycles. The van der Waals surface area contributed by atoms with Gasteiger partial charge in [0, 0.05) is 0 Å². The maximum absolute atomic E-state index is 13.6. The minimum absolute atomic E-state index is 0.110. The molecule has 5 heteroatoms. The standard InChI is InChI=1S/C15H18FNO3/c1-8-3-4-12(16)13(7-8)17-14(18)10-5-9(2)6-11(10)15(19)20/h3-4,7,9-11H,5-6H2,1-2H3,(H,17,18)(H,19,20)/t9?,10-,11+/m0/s1. The maximum atomic E-state index is 13.6. The van der Waals surface area contributed by atoms with Crippen LogP contribution in [-0.4, -0.2) is 17.0 Å². The lowest BCUT2D eigenvalue weighted by Gasteiger charge is -2.16. The molecule has 2 rings (SSSR count). The van der Waals surface area contributed by atoms with Crippen molar-refractivity contribution >= 4 is 17.6 Å². The van der Waals surface area contributed by atoms with E-state index in [4.69, 9.17) is 5.11 Å². The van der Waals surface area contributed by atoms with Gasteiger partial charge in [-0.3, -0.25) is 9.59 Å². The Balaban J connectivity index is 2.15. The zero-order valence-corrected chi connectivity index (χ0v) is 11.5. The highest BCUT2D eigenvalue weighted by molar-refractivity contribution is 5.95. The molecule has 2 N–H and O–H groups in total. The zero-order valence-electron chi connectivity index (χ0n) is 11.5. The first-order valence-electron chi connectivity index (χ1n) is 6.68. The summed E-state index contributed by atoms with van der Waals surface area (Å²) in [5.74, 6) is -2.97. The van der Waals surface area contributed by atoms with Crippen molar-refractivity contribution in [3.05, 3.63) is 29.6 Å². The molecule has 0 radical (unpaired) electrons. The van der Waals surface area contributed by atoms with E-state index in [1.54, 1.807) is 19.1 Å². The predicted octanol–water partition coefficient (Wildman–Crippen LogP) is 2.82. The van der Waals surface area contributed by atoms with Crippen LogP contribution in [0.4, 0.5) is 10.1 Å². The molecule has 1 unspecified atom stereocenters. The molecule has 108 valence electrons. The smallest absolute Gasteiger partial charge is 0.307 e. The number of aliphatic carboxylic acids is 1. The van der Waals surface area contributed by atoms with Crippen LogP contribution in [0.5, 0.6) is 0 Å². The van der Waals surface area contributed by atoms with E-state index >= 15 is 0 Å². The summed E-state index contributed by atoms with van der Waals surface area (Å²) >= 11 is 0. The third kappa shape index (κ3) is 2.98. The average molecular weight is 279 g/mol. The number of anilines is 1. The van der Waals surface area contributed by atoms with E-state index < -0.39 is 29.5 Å². The van der Waals surface area contributed by atoms with Crippen LogP contribution < -0.4 is 5.32 Å². The Kier molecular flexibility index (Phi) is 4.06. The lowest BCUT2D eigenvalue weighted by atomic mass is 9.95. The van der Waals surface area contributed by atoms with Crippen molar-refractivity contribution in [3.8, 4) is 0 Å². The SMILES string of the molecule is Cc1ccc(F)c(NC(=O)[C@H]2CC(C)C[C@H]2C(=O)O)c1. The van der Waals surface area contributed by atoms with Gasteiger partial charge in [0.1, 0.15) is 5.82 Å². The van der Waals surface area contributed by atoms with E-state index in [-0.39, 0.29) is 11.6 Å². The summed E-state index contributed by atoms with van der Waals surface area (Å²) in [5, 5.41) is 11.7. The average Bonchev–Trinajstić information content (AvgIpc) is 2.76. The number of carbonyl (C=O) groups excluding carboxylic acids is 1. The van der Waals surface area contributed by atoms with Crippen molar-refractivity contribution in [2.75, 3.05) is 5.32 Å². The van der Waals surface area contributed by atoms with Crippen molar-refractivity contribution in [3.63, 3.8) is 0 Å². The van der Waals surface area contributed by atoms with Crippen molar-refractivity contribution in [2.45, 2.75) is 26.7 Å². The predicted molar refractivity (Wildman–Crippen MR) is 72.8 cm³/mol. The molecule has 1 aromatic rings. The monoisotopic (exact) mass is 279 g/mol. The summed E-state index contributed by atoms with van der Waals surface area (Å²) in [6.45, 7) is 3.73. The van der Waals surface area contributed by atoms with Crippen LogP contribution >= 0.6 is 0 Å². The van der Waals surface area contributed by atoms with Crippen molar-refractivity contribution in [1.29, 1.82) is 0 Å². The summed E-state index contributed by atoms with van der Waals surface area (Å²) in [6.07, 6.45) is 1.01. The Morgan fingerprint density at radius 2 is 1.95 bits per heavy atom. The molecule has 1 aliphatic rings. The molecule has 4 nitrogen and oxygen atoms in total. The molecule has 0 heterocycles. The molecule has 1 fully saturated rings. The summed E-state index contributed by atoms with van der Waals surface area (Å²) in [4.78, 5) is 23.4. The quantitative estimate of drug-likeness (QED) is 0.894. The summed E-state index contributed by atoms with van der Waals surface area (Å²) in [5.41, 5.74) is 0.940. The van der Waals surface area contributed by atoms with Gasteiger partial charge in [-0.2, -0.15) is 0 Å². The largest absolute Gasteiger partial charge is 0.481 e. The van der Waals surface area contributed by atoms with Gasteiger partial charge in [-0.15, -0.1) is 0 Å². The van der Waals surface area contributed by atoms with Crippen LogP contribution in [0.3, 0.4) is 0 Å². The molecular weight excluding hydrogens is 261 g/mol. The Labute approximate surface area is 117 Å². The number of carboxylic acids is 1. The van der Waals surface area contributed by atoms with Gasteiger partial charge in [-0.25, -0.2) is 4.39 Å². The highest BCUT2D eigenvalue weighted by Crippen LogP contribution is 2.37. The van der Waals surface area contributed by atoms with Gasteiger partial charge in [-0.1, -0.05) is 13.0 Å². The van der Waals surface area contributed by atoms with E-state index in [0.717, 1.165) is 5.56 Å². The molecule has 0 bridgehead atoms. The van der Waals surface area contributed by atoms with Gasteiger partial charge in [0.05, 0.1) is 17.5 Å². The molecule has 0 spiro atoms. The highest BCUT2D eigenvalue weighted by atomic mass is 19.1. The van der Waals surface area contributed by atoms with Crippen LogP contribution in [0.1, 0.15) is 25.3 Å². The van der Waals surface area contributed by atoms with E-state index in [1.807, 2.05) is 6.92 Å². The number of rotatable bonds is 3. The zero-order chi connectivity index (χ0) is 14.9. The Bertz CT molecular complexity index is 544. The summed E-state index contributed by atoms with van der Waals surface area (Å²) < 4.78 is 13.6. The van der Waals surface area contributed by atoms with Crippen LogP contribution in [0, 0.1) is 30.5 Å². The fourth-order valence-electron chi connectivity index (χ4n) is 2.81. The number of hydrogen-bond donors (Lipinski definition) is 2. The van der Waals surface area contributed by atoms with Gasteiger partial charge in [-0.05, 0) is 43.4 Å². The maximum Gasteiger partial charge on any atom is 0.307 e. The van der Waals surface area contributed by atoms with Crippen LogP contribution in [0.15, 0.2) is 18.2 Å². The molecule has 3 atom stereocenters. The Morgan fingerprint density at radius 3 is 2.60 bits per heavy atom. The summed E-state index contributed by atoms with van der Waals surface area (Å²) in [7, 11) is 0. The second kappa shape index (κ2) is 5.61. The number of halogens is 1. The highest BCUT2D eigenvalue weighted by Gasteiger charge is 2.41. The number of nitrogens with one attached hydrogen (secondary N) is 1. The normalized spacial score (nSPS) is 25.4. The van der Waals surface area contributed by atoms with E-state index in [9.17, 15) is 14.0 Å². The van der Waals surface area contributed by atoms with Gasteiger partial charge in [0.2, 0.25) is 5.91 Å². The molecule has 1 amide bonds. The molecule has 20 heavy (non-hydrogen) atoms. The molecule has 0 aliphatic heterocycles. The second-order valence-electron chi connectivity index (χ2n) is 5.60. The van der Waals surface area contributed by atoms with E-state index in [2.05, 4.69) is 5.32 Å². The van der Waals surface area contributed by atoms with Crippen LogP contribution in [0.25, 0.3) is 0 Å². The van der Waals surface area contributed by atoms with Gasteiger partial charge >= 0.3 is 5.97 Å². The van der Waals surface area contributed by atoms with Crippen molar-refractivity contribution in [1.82, 2.24) is 0 Å². The van der Waals surface area contributed by atoms with Gasteiger partial charge < -0.3 is 10.4 Å². The number of aryl methyl sites for hydroxylation is 1. The minimum atomic E-state index is -0.959. The lowest BCUT2D eigenvalue weighted by molar-refractivity contribution is -0.145. The lowest BCUT2D eigenvalue weighted by Crippen LogP contribution is -2.30. The Morgan fingerprint density at radius 1 is 1.30 bits per heavy atom. The van der Waals surface area contributed by atoms with E-state index in [0.29, 0.717) is 12.8 Å². The fourth-order valence-corrected chi connectivity index (χ4v) is 2.81. The fraction of sp³-hybridized carbons (Fsp3) is 0.467. The third-order valence-corrected chi connectivity index (χ3v) is 3.83. The first-order chi connectivity index (χ1) is 9.38. The minimum Gasteiger partial charge on any atom is -0.481 e. The number of carbonyl (C=O) groups is 2. The number of benzene rings is 1. The number of carboxylic acid groups (broad SMARTS) is 1. The Hall–Kier alpha value is -1.91. The molecule has 1 aromatic carbocycles. The molecular formula is C15H18FNO3. The molecule has 1 aliphatic carbocycles. The van der Waals surface area contributed by atoms with E-state index in [1.165, 1.54) is 6.07 Å². The molecule has 0 aromatic heterocycles. The van der Waals surface area contributed by atoms with Crippen molar-refractivity contribution in [2.24, 2.45) is 17.8 Å². The second-order valence-corrected chi connectivity index (χ2v) is 5.60. The first-order valence-corrected chi connectivity index (χ1v) is 6.68. The van der Waals surface area contributed by atoms with Crippen molar-refractivity contribution < 1.29 is 19.1 Å². The summed E-state index contributed by atoms with van der Waals surface area (Å²) in [6, 6.07) is 4.45. The van der Waals surface area contributed by atoms with Crippen LogP contribution in [-0.2, 0) is 9.59 Å². The van der Waals surface area contributed by atoms with Gasteiger partial charge in [0.25, 0.3) is 0 Å². The van der Waals surface area contributed by atoms with Crippen LogP contribution in [0.2, 0.25) is 0 Å². The number of amides is 1. The number of hydrogen-bond acceptors (Lipinski definition) is 2. The first kappa shape index (κ1) is 14.5. The molecule has 1 saturated carbocycles. The van der Waals surface area contributed by atoms with Gasteiger partial charge in [0.15, 0.2) is 0 Å². The third-order valence-electron chi connectivity index (χ3n) is 3.83.